The number of carbonyl (C=O) groups is 1. The average Bonchev–Trinajstić information content (AvgIpc) is 2.80. The second-order valence-electron chi connectivity index (χ2n) is 5.02. The van der Waals surface area contributed by atoms with Crippen molar-refractivity contribution in [2.24, 2.45) is 0 Å². The first kappa shape index (κ1) is 15.6. The molecule has 2 aromatic rings. The third kappa shape index (κ3) is 3.26. The van der Waals surface area contributed by atoms with Gasteiger partial charge >= 0.3 is 5.69 Å². The third-order valence-electron chi connectivity index (χ3n) is 3.51. The first-order valence-corrected chi connectivity index (χ1v) is 7.81. The van der Waals surface area contributed by atoms with Crippen molar-refractivity contribution in [3.05, 3.63) is 44.9 Å². The Morgan fingerprint density at radius 1 is 1.24 bits per heavy atom. The van der Waals surface area contributed by atoms with E-state index in [0.717, 1.165) is 16.7 Å². The van der Waals surface area contributed by atoms with Crippen molar-refractivity contribution in [1.29, 1.82) is 0 Å². The number of thioether (sulfide) groups is 1. The fourth-order valence-corrected chi connectivity index (χ4v) is 3.05. The number of Topliss-reactive ketones (excluding diaryl/α,β-unsaturated/α-hetero) is 1. The summed E-state index contributed by atoms with van der Waals surface area (Å²) in [6.45, 7) is 8.39. The number of aromatic amines is 1. The van der Waals surface area contributed by atoms with Gasteiger partial charge in [-0.25, -0.2) is 9.89 Å². The summed E-state index contributed by atoms with van der Waals surface area (Å²) in [5.74, 6) is 0.326. The lowest BCUT2D eigenvalue weighted by atomic mass is 9.99. The van der Waals surface area contributed by atoms with Crippen LogP contribution in [0.2, 0.25) is 0 Å². The van der Waals surface area contributed by atoms with Gasteiger partial charge in [-0.15, -0.1) is 5.10 Å². The molecule has 0 radical (unpaired) electrons. The van der Waals surface area contributed by atoms with Crippen LogP contribution in [0.15, 0.2) is 22.1 Å². The molecule has 0 atom stereocenters. The number of hydrogen-bond donors (Lipinski definition) is 1. The van der Waals surface area contributed by atoms with Crippen LogP contribution in [-0.2, 0) is 6.54 Å². The predicted octanol–water partition coefficient (Wildman–Crippen LogP) is 2.49. The molecular weight excluding hydrogens is 286 g/mol. The molecule has 6 heteroatoms. The van der Waals surface area contributed by atoms with Crippen molar-refractivity contribution in [3.63, 3.8) is 0 Å². The van der Waals surface area contributed by atoms with Crippen molar-refractivity contribution in [1.82, 2.24) is 14.8 Å². The molecule has 1 heterocycles. The van der Waals surface area contributed by atoms with Crippen molar-refractivity contribution < 1.29 is 4.79 Å². The number of aromatic nitrogens is 3. The number of H-pyrrole nitrogens is 1. The molecular formula is C15H19N3O2S. The van der Waals surface area contributed by atoms with Gasteiger partial charge in [0, 0.05) is 12.1 Å². The molecule has 0 spiro atoms. The minimum atomic E-state index is -0.241. The Morgan fingerprint density at radius 2 is 1.90 bits per heavy atom. The van der Waals surface area contributed by atoms with Crippen molar-refractivity contribution in [2.45, 2.75) is 39.4 Å². The fraction of sp³-hybridized carbons (Fsp3) is 0.400. The topological polar surface area (TPSA) is 67.8 Å². The fourth-order valence-electron chi connectivity index (χ4n) is 2.16. The number of ketones is 1. The van der Waals surface area contributed by atoms with Crippen molar-refractivity contribution >= 4 is 17.5 Å². The van der Waals surface area contributed by atoms with Gasteiger partial charge in [0.25, 0.3) is 0 Å². The molecule has 0 unspecified atom stereocenters. The Balaban J connectivity index is 2.15. The highest BCUT2D eigenvalue weighted by Gasteiger charge is 2.14. The van der Waals surface area contributed by atoms with Crippen molar-refractivity contribution in [2.75, 3.05) is 5.75 Å². The first-order chi connectivity index (χ1) is 9.93. The number of hydrogen-bond acceptors (Lipinski definition) is 4. The zero-order chi connectivity index (χ0) is 15.6. The highest BCUT2D eigenvalue weighted by molar-refractivity contribution is 7.99. The summed E-state index contributed by atoms with van der Waals surface area (Å²) in [7, 11) is 0. The molecule has 1 aromatic heterocycles. The molecule has 0 aliphatic carbocycles. The number of nitrogens with zero attached hydrogens (tertiary/aromatic N) is 2. The number of carbonyl (C=O) groups excluding carboxylic acids is 1. The summed E-state index contributed by atoms with van der Waals surface area (Å²) in [5, 5.41) is 6.90. The summed E-state index contributed by atoms with van der Waals surface area (Å²) in [6.07, 6.45) is 0. The predicted molar refractivity (Wildman–Crippen MR) is 84.2 cm³/mol. The van der Waals surface area contributed by atoms with E-state index in [4.69, 9.17) is 0 Å². The van der Waals surface area contributed by atoms with E-state index >= 15 is 0 Å². The number of nitrogens with one attached hydrogen (secondary N) is 1. The number of benzene rings is 1. The zero-order valence-corrected chi connectivity index (χ0v) is 13.5. The van der Waals surface area contributed by atoms with E-state index in [1.54, 1.807) is 0 Å². The Kier molecular flexibility index (Phi) is 4.67. The number of rotatable bonds is 5. The molecule has 21 heavy (non-hydrogen) atoms. The first-order valence-electron chi connectivity index (χ1n) is 6.83. The van der Waals surface area contributed by atoms with Gasteiger partial charge in [0.15, 0.2) is 10.9 Å². The van der Waals surface area contributed by atoms with E-state index < -0.39 is 0 Å². The molecule has 0 saturated heterocycles. The minimum Gasteiger partial charge on any atom is -0.293 e. The lowest BCUT2D eigenvalue weighted by molar-refractivity contribution is 0.102. The van der Waals surface area contributed by atoms with Gasteiger partial charge in [-0.2, -0.15) is 0 Å². The second kappa shape index (κ2) is 6.30. The highest BCUT2D eigenvalue weighted by atomic mass is 32.2. The quantitative estimate of drug-likeness (QED) is 0.681. The van der Waals surface area contributed by atoms with E-state index in [9.17, 15) is 9.59 Å². The van der Waals surface area contributed by atoms with Crippen LogP contribution in [0.5, 0.6) is 0 Å². The SMILES string of the molecule is CCn1c(SCC(=O)c2cc(C)c(C)cc2C)n[nH]c1=O. The Hall–Kier alpha value is -1.82. The molecule has 1 aromatic carbocycles. The summed E-state index contributed by atoms with van der Waals surface area (Å²) < 4.78 is 1.52. The van der Waals surface area contributed by atoms with Crippen molar-refractivity contribution in [3.8, 4) is 0 Å². The van der Waals surface area contributed by atoms with Gasteiger partial charge in [0.2, 0.25) is 0 Å². The maximum atomic E-state index is 12.4. The van der Waals surface area contributed by atoms with Crippen LogP contribution >= 0.6 is 11.8 Å². The van der Waals surface area contributed by atoms with Crippen LogP contribution in [-0.4, -0.2) is 26.3 Å². The molecule has 0 aliphatic heterocycles. The molecule has 0 bridgehead atoms. The minimum absolute atomic E-state index is 0.0544. The molecule has 0 saturated carbocycles. The summed E-state index contributed by atoms with van der Waals surface area (Å²) in [4.78, 5) is 23.8. The Labute approximate surface area is 127 Å². The van der Waals surface area contributed by atoms with Gasteiger partial charge in [0.05, 0.1) is 5.75 Å². The van der Waals surface area contributed by atoms with Crippen LogP contribution in [0, 0.1) is 20.8 Å². The summed E-state index contributed by atoms with van der Waals surface area (Å²) >= 11 is 1.29. The molecule has 5 nitrogen and oxygen atoms in total. The maximum Gasteiger partial charge on any atom is 0.343 e. The number of aryl methyl sites for hydroxylation is 3. The van der Waals surface area contributed by atoms with E-state index in [1.165, 1.54) is 21.9 Å². The molecule has 0 amide bonds. The molecule has 0 aliphatic rings. The van der Waals surface area contributed by atoms with E-state index in [1.807, 2.05) is 39.8 Å². The largest absolute Gasteiger partial charge is 0.343 e. The van der Waals surface area contributed by atoms with Crippen LogP contribution in [0.25, 0.3) is 0 Å². The lowest BCUT2D eigenvalue weighted by Crippen LogP contribution is -2.16. The van der Waals surface area contributed by atoms with Gasteiger partial charge in [-0.05, 0) is 50.5 Å². The Morgan fingerprint density at radius 3 is 2.57 bits per heavy atom. The average molecular weight is 305 g/mol. The summed E-state index contributed by atoms with van der Waals surface area (Å²) in [6, 6.07) is 3.97. The van der Waals surface area contributed by atoms with Gasteiger partial charge in [-0.3, -0.25) is 9.36 Å². The van der Waals surface area contributed by atoms with E-state index in [0.29, 0.717) is 11.7 Å². The lowest BCUT2D eigenvalue weighted by Gasteiger charge is -2.09. The van der Waals surface area contributed by atoms with E-state index in [-0.39, 0.29) is 17.2 Å². The molecule has 1 N–H and O–H groups in total. The van der Waals surface area contributed by atoms with Gasteiger partial charge in [0.1, 0.15) is 0 Å². The molecule has 0 fully saturated rings. The molecule has 112 valence electrons. The van der Waals surface area contributed by atoms with Crippen LogP contribution in [0.1, 0.15) is 34.0 Å². The van der Waals surface area contributed by atoms with E-state index in [2.05, 4.69) is 10.2 Å². The summed E-state index contributed by atoms with van der Waals surface area (Å²) in [5.41, 5.74) is 3.78. The Bertz CT molecular complexity index is 731. The highest BCUT2D eigenvalue weighted by Crippen LogP contribution is 2.20. The standard InChI is InChI=1S/C15H19N3O2S/c1-5-18-14(20)16-17-15(18)21-8-13(19)12-7-10(3)9(2)6-11(12)4/h6-7H,5,8H2,1-4H3,(H,16,20). The van der Waals surface area contributed by atoms with Gasteiger partial charge < -0.3 is 0 Å². The maximum absolute atomic E-state index is 12.4. The normalized spacial score (nSPS) is 10.9. The van der Waals surface area contributed by atoms with Crippen LogP contribution in [0.4, 0.5) is 0 Å². The van der Waals surface area contributed by atoms with Gasteiger partial charge in [-0.1, -0.05) is 17.8 Å². The van der Waals surface area contributed by atoms with Crippen LogP contribution in [0.3, 0.4) is 0 Å². The molecule has 2 rings (SSSR count). The monoisotopic (exact) mass is 305 g/mol. The smallest absolute Gasteiger partial charge is 0.293 e. The zero-order valence-electron chi connectivity index (χ0n) is 12.7. The van der Waals surface area contributed by atoms with Crippen LogP contribution < -0.4 is 5.69 Å². The third-order valence-corrected chi connectivity index (χ3v) is 4.49. The second-order valence-corrected chi connectivity index (χ2v) is 5.96.